The summed E-state index contributed by atoms with van der Waals surface area (Å²) in [6, 6.07) is 0. The lowest BCUT2D eigenvalue weighted by atomic mass is 10.4. The Kier molecular flexibility index (Phi) is 2.56. The molecular weight excluding hydrogens is 180 g/mol. The van der Waals surface area contributed by atoms with Crippen LogP contribution < -0.4 is 5.32 Å². The van der Waals surface area contributed by atoms with Crippen molar-refractivity contribution in [2.75, 3.05) is 39.8 Å². The van der Waals surface area contributed by atoms with Crippen LogP contribution in [-0.4, -0.2) is 61.4 Å². The molecule has 2 heterocycles. The molecule has 0 atom stereocenters. The lowest BCUT2D eigenvalue weighted by molar-refractivity contribution is -0.120. The van der Waals surface area contributed by atoms with Gasteiger partial charge in [0.1, 0.15) is 0 Å². The van der Waals surface area contributed by atoms with Crippen LogP contribution in [0.15, 0.2) is 4.99 Å². The molecule has 1 fully saturated rings. The van der Waals surface area contributed by atoms with Gasteiger partial charge in [-0.05, 0) is 0 Å². The molecule has 5 heteroatoms. The van der Waals surface area contributed by atoms with Gasteiger partial charge >= 0.3 is 0 Å². The van der Waals surface area contributed by atoms with Crippen molar-refractivity contribution in [2.24, 2.45) is 4.99 Å². The van der Waals surface area contributed by atoms with E-state index in [9.17, 15) is 4.79 Å². The van der Waals surface area contributed by atoms with Crippen molar-refractivity contribution < 1.29 is 4.79 Å². The zero-order chi connectivity index (χ0) is 9.97. The van der Waals surface area contributed by atoms with Crippen molar-refractivity contribution in [2.45, 2.75) is 6.42 Å². The van der Waals surface area contributed by atoms with Crippen molar-refractivity contribution in [3.63, 3.8) is 0 Å². The third-order valence-electron chi connectivity index (χ3n) is 2.63. The number of nitrogens with one attached hydrogen (secondary N) is 1. The van der Waals surface area contributed by atoms with E-state index < -0.39 is 0 Å². The smallest absolute Gasteiger partial charge is 0.221 e. The van der Waals surface area contributed by atoms with Gasteiger partial charge < -0.3 is 15.1 Å². The predicted molar refractivity (Wildman–Crippen MR) is 54.1 cm³/mol. The van der Waals surface area contributed by atoms with Crippen molar-refractivity contribution in [3.05, 3.63) is 0 Å². The molecule has 0 aromatic rings. The summed E-state index contributed by atoms with van der Waals surface area (Å²) < 4.78 is 0. The van der Waals surface area contributed by atoms with Gasteiger partial charge in [0.15, 0.2) is 5.96 Å². The third kappa shape index (κ3) is 1.81. The molecule has 78 valence electrons. The monoisotopic (exact) mass is 196 g/mol. The van der Waals surface area contributed by atoms with Gasteiger partial charge in [0.25, 0.3) is 0 Å². The van der Waals surface area contributed by atoms with Gasteiger partial charge in [-0.25, -0.2) is 0 Å². The van der Waals surface area contributed by atoms with Gasteiger partial charge in [-0.15, -0.1) is 0 Å². The fourth-order valence-corrected chi connectivity index (χ4v) is 1.83. The maximum atomic E-state index is 11.1. The van der Waals surface area contributed by atoms with E-state index in [2.05, 4.69) is 20.1 Å². The second-order valence-electron chi connectivity index (χ2n) is 3.69. The topological polar surface area (TPSA) is 47.9 Å². The van der Waals surface area contributed by atoms with E-state index in [1.807, 2.05) is 7.05 Å². The molecule has 0 bridgehead atoms. The summed E-state index contributed by atoms with van der Waals surface area (Å²) >= 11 is 0. The Morgan fingerprint density at radius 1 is 1.36 bits per heavy atom. The summed E-state index contributed by atoms with van der Waals surface area (Å²) in [4.78, 5) is 19.9. The first kappa shape index (κ1) is 9.30. The first-order valence-electron chi connectivity index (χ1n) is 5.04. The first-order chi connectivity index (χ1) is 6.77. The molecule has 2 aliphatic rings. The molecule has 0 aromatic heterocycles. The summed E-state index contributed by atoms with van der Waals surface area (Å²) in [7, 11) is 2.05. The van der Waals surface area contributed by atoms with Crippen LogP contribution in [0.1, 0.15) is 6.42 Å². The largest absolute Gasteiger partial charge is 0.354 e. The molecule has 1 amide bonds. The van der Waals surface area contributed by atoms with Crippen molar-refractivity contribution in [1.29, 1.82) is 0 Å². The molecule has 0 spiro atoms. The van der Waals surface area contributed by atoms with Crippen LogP contribution in [0.5, 0.6) is 0 Å². The molecule has 2 rings (SSSR count). The molecule has 1 saturated heterocycles. The average Bonchev–Trinajstić information content (AvgIpc) is 2.46. The van der Waals surface area contributed by atoms with Gasteiger partial charge in [-0.3, -0.25) is 9.79 Å². The van der Waals surface area contributed by atoms with Crippen LogP contribution in [0, 0.1) is 0 Å². The van der Waals surface area contributed by atoms with E-state index in [1.54, 1.807) is 0 Å². The normalized spacial score (nSPS) is 23.2. The quantitative estimate of drug-likeness (QED) is 0.547. The number of carbonyl (C=O) groups excluding carboxylic acids is 1. The minimum atomic E-state index is 0.147. The highest BCUT2D eigenvalue weighted by atomic mass is 16.1. The summed E-state index contributed by atoms with van der Waals surface area (Å²) in [6.45, 7) is 4.26. The number of guanidine groups is 1. The van der Waals surface area contributed by atoms with Gasteiger partial charge in [0, 0.05) is 39.6 Å². The van der Waals surface area contributed by atoms with Crippen molar-refractivity contribution in [1.82, 2.24) is 15.1 Å². The molecule has 1 N–H and O–H groups in total. The maximum Gasteiger partial charge on any atom is 0.221 e. The summed E-state index contributed by atoms with van der Waals surface area (Å²) in [6.07, 6.45) is 0.576. The highest BCUT2D eigenvalue weighted by molar-refractivity contribution is 5.83. The molecule has 5 nitrogen and oxygen atoms in total. The molecule has 0 saturated carbocycles. The van der Waals surface area contributed by atoms with Crippen LogP contribution in [-0.2, 0) is 4.79 Å². The zero-order valence-electron chi connectivity index (χ0n) is 8.49. The van der Waals surface area contributed by atoms with Gasteiger partial charge in [0.05, 0.1) is 6.54 Å². The van der Waals surface area contributed by atoms with Crippen LogP contribution in [0.25, 0.3) is 0 Å². The standard InChI is InChI=1S/C9H16N4O/c1-12-6-3-11-9(12)13-5-2-8(14)10-4-7-13/h2-7H2,1H3,(H,10,14). The fourth-order valence-electron chi connectivity index (χ4n) is 1.83. The Bertz CT molecular complexity index is 264. The second-order valence-corrected chi connectivity index (χ2v) is 3.69. The Labute approximate surface area is 83.8 Å². The van der Waals surface area contributed by atoms with E-state index >= 15 is 0 Å². The summed E-state index contributed by atoms with van der Waals surface area (Å²) in [5.41, 5.74) is 0. The van der Waals surface area contributed by atoms with Crippen LogP contribution in [0.3, 0.4) is 0 Å². The minimum Gasteiger partial charge on any atom is -0.354 e. The zero-order valence-corrected chi connectivity index (χ0v) is 8.49. The predicted octanol–water partition coefficient (Wildman–Crippen LogP) is -0.890. The first-order valence-corrected chi connectivity index (χ1v) is 5.04. The van der Waals surface area contributed by atoms with E-state index in [1.165, 1.54) is 0 Å². The van der Waals surface area contributed by atoms with E-state index in [0.717, 1.165) is 38.7 Å². The average molecular weight is 196 g/mol. The number of hydrogen-bond donors (Lipinski definition) is 1. The van der Waals surface area contributed by atoms with Gasteiger partial charge in [0.2, 0.25) is 5.91 Å². The number of nitrogens with zero attached hydrogens (tertiary/aromatic N) is 3. The van der Waals surface area contributed by atoms with Gasteiger partial charge in [-0.1, -0.05) is 0 Å². The highest BCUT2D eigenvalue weighted by Crippen LogP contribution is 2.06. The van der Waals surface area contributed by atoms with Crippen molar-refractivity contribution in [3.8, 4) is 0 Å². The van der Waals surface area contributed by atoms with Crippen molar-refractivity contribution >= 4 is 11.9 Å². The van der Waals surface area contributed by atoms with E-state index in [4.69, 9.17) is 0 Å². The minimum absolute atomic E-state index is 0.147. The molecule has 0 aliphatic carbocycles. The van der Waals surface area contributed by atoms with Crippen LogP contribution in [0.2, 0.25) is 0 Å². The number of carbonyl (C=O) groups is 1. The maximum absolute atomic E-state index is 11.1. The van der Waals surface area contributed by atoms with Crippen LogP contribution in [0.4, 0.5) is 0 Å². The number of likely N-dealkylation sites (N-methyl/N-ethyl adjacent to an activating group) is 1. The molecule has 0 aromatic carbocycles. The number of amides is 1. The number of aliphatic imine (C=N–C) groups is 1. The fraction of sp³-hybridized carbons (Fsp3) is 0.778. The molecular formula is C9H16N4O. The Balaban J connectivity index is 2.00. The third-order valence-corrected chi connectivity index (χ3v) is 2.63. The number of rotatable bonds is 0. The molecule has 14 heavy (non-hydrogen) atoms. The highest BCUT2D eigenvalue weighted by Gasteiger charge is 2.21. The number of hydrogen-bond acceptors (Lipinski definition) is 4. The molecule has 0 radical (unpaired) electrons. The Hall–Kier alpha value is -1.26. The van der Waals surface area contributed by atoms with E-state index in [-0.39, 0.29) is 5.91 Å². The van der Waals surface area contributed by atoms with E-state index in [0.29, 0.717) is 6.42 Å². The second kappa shape index (κ2) is 3.86. The lowest BCUT2D eigenvalue weighted by Gasteiger charge is -2.26. The summed E-state index contributed by atoms with van der Waals surface area (Å²) in [5, 5.41) is 2.86. The van der Waals surface area contributed by atoms with Crippen LogP contribution >= 0.6 is 0 Å². The SMILES string of the molecule is CN1CCN=C1N1CCNC(=O)CC1. The molecule has 0 unspecified atom stereocenters. The molecule has 2 aliphatic heterocycles. The lowest BCUT2D eigenvalue weighted by Crippen LogP contribution is -2.41. The Morgan fingerprint density at radius 2 is 2.21 bits per heavy atom. The van der Waals surface area contributed by atoms with Gasteiger partial charge in [-0.2, -0.15) is 0 Å². The Morgan fingerprint density at radius 3 is 2.93 bits per heavy atom. The summed E-state index contributed by atoms with van der Waals surface area (Å²) in [5.74, 6) is 1.19.